The van der Waals surface area contributed by atoms with Crippen molar-refractivity contribution in [2.45, 2.75) is 24.7 Å². The highest BCUT2D eigenvalue weighted by Crippen LogP contribution is 2.43. The van der Waals surface area contributed by atoms with Gasteiger partial charge in [0.15, 0.2) is 9.84 Å². The average Bonchev–Trinajstić information content (AvgIpc) is 3.30. The van der Waals surface area contributed by atoms with Gasteiger partial charge in [-0.1, -0.05) is 6.42 Å². The molecule has 9 nitrogen and oxygen atoms in total. The second kappa shape index (κ2) is 8.99. The van der Waals surface area contributed by atoms with E-state index in [-0.39, 0.29) is 41.7 Å². The van der Waals surface area contributed by atoms with E-state index in [9.17, 15) is 17.6 Å². The Kier molecular flexibility index (Phi) is 6.02. The van der Waals surface area contributed by atoms with E-state index in [1.165, 1.54) is 28.5 Å². The van der Waals surface area contributed by atoms with Gasteiger partial charge < -0.3 is 10.2 Å². The lowest BCUT2D eigenvalue weighted by molar-refractivity contribution is 0.0775. The van der Waals surface area contributed by atoms with Crippen LogP contribution in [0.1, 0.15) is 34.6 Å². The number of amides is 1. The molecule has 1 saturated heterocycles. The third-order valence-electron chi connectivity index (χ3n) is 6.41. The van der Waals surface area contributed by atoms with Crippen LogP contribution < -0.4 is 5.32 Å². The Labute approximate surface area is 200 Å². The van der Waals surface area contributed by atoms with Crippen molar-refractivity contribution in [3.8, 4) is 10.7 Å². The summed E-state index contributed by atoms with van der Waals surface area (Å²) < 4.78 is 37.5. The Morgan fingerprint density at radius 3 is 2.59 bits per heavy atom. The van der Waals surface area contributed by atoms with E-state index in [2.05, 4.69) is 25.5 Å². The number of thiazole rings is 1. The number of sulfone groups is 1. The predicted octanol–water partition coefficient (Wildman–Crippen LogP) is 2.54. The Hall–Kier alpha value is -2.99. The molecule has 34 heavy (non-hydrogen) atoms. The number of carbonyl (C=O) groups is 1. The van der Waals surface area contributed by atoms with Crippen LogP contribution in [0.2, 0.25) is 0 Å². The minimum absolute atomic E-state index is 0.0153. The topological polar surface area (TPSA) is 118 Å². The second-order valence-electron chi connectivity index (χ2n) is 8.60. The number of anilines is 1. The van der Waals surface area contributed by atoms with Crippen LogP contribution >= 0.6 is 11.3 Å². The zero-order valence-corrected chi connectivity index (χ0v) is 19.9. The quantitative estimate of drug-likeness (QED) is 0.546. The van der Waals surface area contributed by atoms with Crippen LogP contribution in [-0.4, -0.2) is 70.5 Å². The molecule has 1 aliphatic heterocycles. The van der Waals surface area contributed by atoms with Crippen molar-refractivity contribution in [3.05, 3.63) is 53.0 Å². The monoisotopic (exact) mass is 502 g/mol. The van der Waals surface area contributed by atoms with Crippen molar-refractivity contribution in [2.75, 3.05) is 36.5 Å². The molecule has 178 valence electrons. The van der Waals surface area contributed by atoms with Crippen LogP contribution in [-0.2, 0) is 15.3 Å². The largest absolute Gasteiger partial charge is 0.368 e. The normalized spacial score (nSPS) is 18.8. The third-order valence-corrected chi connectivity index (χ3v) is 9.03. The average molecular weight is 503 g/mol. The lowest BCUT2D eigenvalue weighted by atomic mass is 9.66. The number of carbonyl (C=O) groups excluding carboxylic acids is 1. The molecule has 2 fully saturated rings. The minimum atomic E-state index is -3.06. The van der Waals surface area contributed by atoms with Gasteiger partial charge in [-0.3, -0.25) is 9.78 Å². The molecule has 0 aromatic carbocycles. The Morgan fingerprint density at radius 2 is 1.94 bits per heavy atom. The molecule has 3 aromatic rings. The number of pyridine rings is 1. The zero-order valence-electron chi connectivity index (χ0n) is 18.3. The van der Waals surface area contributed by atoms with Crippen molar-refractivity contribution in [1.82, 2.24) is 25.1 Å². The van der Waals surface area contributed by atoms with E-state index in [1.54, 1.807) is 24.4 Å². The Bertz CT molecular complexity index is 1290. The standard InChI is InChI=1S/C22H23FN6O3S2/c23-15-3-1-8-24-19(15)22(6-2-7-22)14-26-18-5-4-16(27-28-18)20-25-13-17(33-20)21(30)29-9-11-34(31,32)12-10-29/h1,3-5,8,13H,2,6-7,9-12,14H2,(H,26,28). The molecule has 1 aliphatic carbocycles. The molecule has 4 heterocycles. The van der Waals surface area contributed by atoms with Crippen molar-refractivity contribution in [1.29, 1.82) is 0 Å². The van der Waals surface area contributed by atoms with Gasteiger partial charge >= 0.3 is 0 Å². The molecule has 1 saturated carbocycles. The molecule has 1 amide bonds. The van der Waals surface area contributed by atoms with Crippen molar-refractivity contribution >= 4 is 32.9 Å². The summed E-state index contributed by atoms with van der Waals surface area (Å²) in [6.07, 6.45) is 5.85. The fourth-order valence-corrected chi connectivity index (χ4v) is 6.29. The van der Waals surface area contributed by atoms with Crippen LogP contribution in [0.25, 0.3) is 10.7 Å². The van der Waals surface area contributed by atoms with Gasteiger partial charge in [0.25, 0.3) is 5.91 Å². The van der Waals surface area contributed by atoms with E-state index in [0.29, 0.717) is 33.6 Å². The molecule has 0 bridgehead atoms. The summed E-state index contributed by atoms with van der Waals surface area (Å²) in [5.41, 5.74) is 0.680. The lowest BCUT2D eigenvalue weighted by Gasteiger charge is -2.41. The molecule has 12 heteroatoms. The van der Waals surface area contributed by atoms with Crippen LogP contribution in [0, 0.1) is 5.82 Å². The molecule has 0 atom stereocenters. The molecule has 2 aliphatic rings. The first-order chi connectivity index (χ1) is 16.4. The second-order valence-corrected chi connectivity index (χ2v) is 11.9. The molecular formula is C22H23FN6O3S2. The zero-order chi connectivity index (χ0) is 23.8. The predicted molar refractivity (Wildman–Crippen MR) is 126 cm³/mol. The van der Waals surface area contributed by atoms with Crippen molar-refractivity contribution in [3.63, 3.8) is 0 Å². The number of hydrogen-bond donors (Lipinski definition) is 1. The summed E-state index contributed by atoms with van der Waals surface area (Å²) in [6, 6.07) is 6.58. The maximum Gasteiger partial charge on any atom is 0.265 e. The summed E-state index contributed by atoms with van der Waals surface area (Å²) >= 11 is 1.20. The van der Waals surface area contributed by atoms with Crippen LogP contribution in [0.15, 0.2) is 36.7 Å². The summed E-state index contributed by atoms with van der Waals surface area (Å²) in [5, 5.41) is 12.3. The number of rotatable bonds is 6. The van der Waals surface area contributed by atoms with Gasteiger partial charge in [-0.2, -0.15) is 0 Å². The Morgan fingerprint density at radius 1 is 1.15 bits per heavy atom. The summed E-state index contributed by atoms with van der Waals surface area (Å²) in [6.45, 7) is 0.896. The number of nitrogens with one attached hydrogen (secondary N) is 1. The van der Waals surface area contributed by atoms with E-state index in [1.807, 2.05) is 0 Å². The van der Waals surface area contributed by atoms with Crippen LogP contribution in [0.5, 0.6) is 0 Å². The molecular weight excluding hydrogens is 479 g/mol. The molecule has 0 spiro atoms. The van der Waals surface area contributed by atoms with Crippen LogP contribution in [0.4, 0.5) is 10.2 Å². The maximum absolute atomic E-state index is 14.3. The maximum atomic E-state index is 14.3. The fraction of sp³-hybridized carbons (Fsp3) is 0.409. The van der Waals surface area contributed by atoms with Gasteiger partial charge in [-0.15, -0.1) is 21.5 Å². The smallest absolute Gasteiger partial charge is 0.265 e. The van der Waals surface area contributed by atoms with Crippen molar-refractivity contribution < 1.29 is 17.6 Å². The Balaban J connectivity index is 1.23. The third kappa shape index (κ3) is 4.51. The number of nitrogens with zero attached hydrogens (tertiary/aromatic N) is 5. The van der Waals surface area contributed by atoms with Gasteiger partial charge in [0.05, 0.1) is 23.4 Å². The lowest BCUT2D eigenvalue weighted by Crippen LogP contribution is -2.43. The van der Waals surface area contributed by atoms with E-state index in [0.717, 1.165) is 19.3 Å². The highest BCUT2D eigenvalue weighted by atomic mass is 32.2. The van der Waals surface area contributed by atoms with Gasteiger partial charge in [-0.25, -0.2) is 17.8 Å². The first-order valence-corrected chi connectivity index (χ1v) is 13.6. The first kappa shape index (κ1) is 22.8. The van der Waals surface area contributed by atoms with Gasteiger partial charge in [0, 0.05) is 31.2 Å². The van der Waals surface area contributed by atoms with Gasteiger partial charge in [0.1, 0.15) is 27.2 Å². The molecule has 3 aromatic heterocycles. The minimum Gasteiger partial charge on any atom is -0.368 e. The molecule has 1 N–H and O–H groups in total. The molecule has 0 radical (unpaired) electrons. The number of hydrogen-bond acceptors (Lipinski definition) is 9. The summed E-state index contributed by atoms with van der Waals surface area (Å²) in [5.74, 6) is 0.0222. The fourth-order valence-electron chi connectivity index (χ4n) is 4.24. The molecule has 0 unspecified atom stereocenters. The number of halogens is 1. The highest BCUT2D eigenvalue weighted by Gasteiger charge is 2.41. The summed E-state index contributed by atoms with van der Waals surface area (Å²) in [7, 11) is -3.06. The number of aromatic nitrogens is 4. The van der Waals surface area contributed by atoms with Gasteiger partial charge in [0.2, 0.25) is 0 Å². The SMILES string of the molecule is O=C(c1cnc(-c2ccc(NCC3(c4ncccc4F)CCC3)nn2)s1)N1CCS(=O)(=O)CC1. The molecule has 5 rings (SSSR count). The first-order valence-electron chi connectivity index (χ1n) is 11.0. The van der Waals surface area contributed by atoms with Crippen LogP contribution in [0.3, 0.4) is 0 Å². The van der Waals surface area contributed by atoms with E-state index in [4.69, 9.17) is 0 Å². The summed E-state index contributed by atoms with van der Waals surface area (Å²) in [4.78, 5) is 23.2. The van der Waals surface area contributed by atoms with E-state index < -0.39 is 9.84 Å². The van der Waals surface area contributed by atoms with Gasteiger partial charge in [-0.05, 0) is 37.1 Å². The van der Waals surface area contributed by atoms with Crippen molar-refractivity contribution in [2.24, 2.45) is 0 Å². The highest BCUT2D eigenvalue weighted by molar-refractivity contribution is 7.91. The van der Waals surface area contributed by atoms with E-state index >= 15 is 0 Å².